The number of carbonyl (C=O) groups is 1. The zero-order valence-electron chi connectivity index (χ0n) is 14.0. The number of ether oxygens (including phenoxy) is 1. The lowest BCUT2D eigenvalue weighted by molar-refractivity contribution is 0.0787. The summed E-state index contributed by atoms with van der Waals surface area (Å²) in [6.07, 6.45) is 3.01. The van der Waals surface area contributed by atoms with Gasteiger partial charge in [0.15, 0.2) is 0 Å². The maximum absolute atomic E-state index is 12.5. The smallest absolute Gasteiger partial charge is 0.253 e. The number of rotatable bonds is 5. The molecule has 1 fully saturated rings. The Morgan fingerprint density at radius 1 is 1.40 bits per heavy atom. The van der Waals surface area contributed by atoms with Crippen LogP contribution in [0.25, 0.3) is 0 Å². The summed E-state index contributed by atoms with van der Waals surface area (Å²) in [5.41, 5.74) is 1.42. The lowest BCUT2D eigenvalue weighted by atomic mass is 10.1. The van der Waals surface area contributed by atoms with Crippen LogP contribution in [0.1, 0.15) is 23.2 Å². The van der Waals surface area contributed by atoms with Crippen molar-refractivity contribution in [2.45, 2.75) is 12.8 Å². The fourth-order valence-corrected chi connectivity index (χ4v) is 2.84. The SMILES string of the molecule is COc1ccnc(Nc2ccc(C(=O)N3CCC(CC#N)C3)cc2)n1. The van der Waals surface area contributed by atoms with Gasteiger partial charge in [-0.25, -0.2) is 4.98 Å². The molecule has 0 aliphatic carbocycles. The Bertz CT molecular complexity index is 785. The molecule has 2 heterocycles. The third-order valence-corrected chi connectivity index (χ3v) is 4.18. The second-order valence-electron chi connectivity index (χ2n) is 5.89. The van der Waals surface area contributed by atoms with E-state index in [-0.39, 0.29) is 5.91 Å². The Balaban J connectivity index is 1.64. The number of hydrogen-bond donors (Lipinski definition) is 1. The summed E-state index contributed by atoms with van der Waals surface area (Å²) >= 11 is 0. The highest BCUT2D eigenvalue weighted by Crippen LogP contribution is 2.22. The van der Waals surface area contributed by atoms with Crippen molar-refractivity contribution in [3.05, 3.63) is 42.1 Å². The second-order valence-corrected chi connectivity index (χ2v) is 5.89. The van der Waals surface area contributed by atoms with E-state index in [0.717, 1.165) is 12.1 Å². The summed E-state index contributed by atoms with van der Waals surface area (Å²) < 4.78 is 5.06. The Labute approximate surface area is 146 Å². The van der Waals surface area contributed by atoms with Crippen LogP contribution >= 0.6 is 0 Å². The molecule has 128 valence electrons. The minimum atomic E-state index is 0.00428. The van der Waals surface area contributed by atoms with Crippen molar-refractivity contribution in [2.24, 2.45) is 5.92 Å². The number of hydrogen-bond acceptors (Lipinski definition) is 6. The number of methoxy groups -OCH3 is 1. The molecule has 0 bridgehead atoms. The average molecular weight is 337 g/mol. The predicted molar refractivity (Wildman–Crippen MR) is 92.5 cm³/mol. The van der Waals surface area contributed by atoms with Crippen LogP contribution in [0, 0.1) is 17.2 Å². The largest absolute Gasteiger partial charge is 0.481 e. The first-order valence-electron chi connectivity index (χ1n) is 8.10. The lowest BCUT2D eigenvalue weighted by Crippen LogP contribution is -2.28. The van der Waals surface area contributed by atoms with Gasteiger partial charge in [0.25, 0.3) is 5.91 Å². The molecule has 1 aromatic heterocycles. The summed E-state index contributed by atoms with van der Waals surface area (Å²) in [7, 11) is 1.55. The van der Waals surface area contributed by atoms with Crippen molar-refractivity contribution in [3.8, 4) is 11.9 Å². The van der Waals surface area contributed by atoms with Crippen molar-refractivity contribution in [1.82, 2.24) is 14.9 Å². The van der Waals surface area contributed by atoms with E-state index < -0.39 is 0 Å². The van der Waals surface area contributed by atoms with E-state index in [1.165, 1.54) is 0 Å². The highest BCUT2D eigenvalue weighted by atomic mass is 16.5. The van der Waals surface area contributed by atoms with Gasteiger partial charge in [0.1, 0.15) is 0 Å². The third-order valence-electron chi connectivity index (χ3n) is 4.18. The van der Waals surface area contributed by atoms with Crippen LogP contribution in [-0.4, -0.2) is 41.0 Å². The summed E-state index contributed by atoms with van der Waals surface area (Å²) in [5, 5.41) is 11.8. The minimum absolute atomic E-state index is 0.00428. The Morgan fingerprint density at radius 3 is 2.92 bits per heavy atom. The highest BCUT2D eigenvalue weighted by molar-refractivity contribution is 5.94. The molecule has 1 aromatic carbocycles. The highest BCUT2D eigenvalue weighted by Gasteiger charge is 2.26. The van der Waals surface area contributed by atoms with Gasteiger partial charge in [-0.1, -0.05) is 0 Å². The molecule has 3 rings (SSSR count). The van der Waals surface area contributed by atoms with Crippen molar-refractivity contribution >= 4 is 17.5 Å². The van der Waals surface area contributed by atoms with Gasteiger partial charge in [-0.15, -0.1) is 0 Å². The first-order valence-corrected chi connectivity index (χ1v) is 8.10. The number of benzene rings is 1. The summed E-state index contributed by atoms with van der Waals surface area (Å²) in [4.78, 5) is 22.7. The van der Waals surface area contributed by atoms with Crippen molar-refractivity contribution < 1.29 is 9.53 Å². The van der Waals surface area contributed by atoms with Crippen LogP contribution < -0.4 is 10.1 Å². The van der Waals surface area contributed by atoms with Crippen LogP contribution in [-0.2, 0) is 0 Å². The molecule has 25 heavy (non-hydrogen) atoms. The molecule has 1 aliphatic heterocycles. The van der Waals surface area contributed by atoms with Crippen LogP contribution in [0.4, 0.5) is 11.6 Å². The Hall–Kier alpha value is -3.14. The monoisotopic (exact) mass is 337 g/mol. The minimum Gasteiger partial charge on any atom is -0.481 e. The van der Waals surface area contributed by atoms with Gasteiger partial charge >= 0.3 is 0 Å². The van der Waals surface area contributed by atoms with Crippen molar-refractivity contribution in [2.75, 3.05) is 25.5 Å². The number of carbonyl (C=O) groups excluding carboxylic acids is 1. The lowest BCUT2D eigenvalue weighted by Gasteiger charge is -2.16. The number of aromatic nitrogens is 2. The van der Waals surface area contributed by atoms with Crippen molar-refractivity contribution in [1.29, 1.82) is 5.26 Å². The van der Waals surface area contributed by atoms with E-state index in [1.807, 2.05) is 17.0 Å². The quantitative estimate of drug-likeness (QED) is 0.902. The molecule has 1 unspecified atom stereocenters. The summed E-state index contributed by atoms with van der Waals surface area (Å²) in [6.45, 7) is 1.37. The van der Waals surface area contributed by atoms with E-state index in [1.54, 1.807) is 31.5 Å². The first kappa shape index (κ1) is 16.7. The van der Waals surface area contributed by atoms with Gasteiger partial charge in [0.05, 0.1) is 13.2 Å². The molecule has 1 saturated heterocycles. The van der Waals surface area contributed by atoms with Gasteiger partial charge in [-0.05, 0) is 36.6 Å². The van der Waals surface area contributed by atoms with Crippen LogP contribution in [0.2, 0.25) is 0 Å². The molecular weight excluding hydrogens is 318 g/mol. The molecule has 1 N–H and O–H groups in total. The number of nitriles is 1. The normalized spacial score (nSPS) is 16.3. The van der Waals surface area contributed by atoms with Crippen molar-refractivity contribution in [3.63, 3.8) is 0 Å². The van der Waals surface area contributed by atoms with Crippen LogP contribution in [0.5, 0.6) is 5.88 Å². The van der Waals surface area contributed by atoms with E-state index >= 15 is 0 Å². The average Bonchev–Trinajstić information content (AvgIpc) is 3.11. The predicted octanol–water partition coefficient (Wildman–Crippen LogP) is 2.60. The number of nitrogens with one attached hydrogen (secondary N) is 1. The molecule has 1 atom stereocenters. The van der Waals surface area contributed by atoms with E-state index in [9.17, 15) is 4.79 Å². The zero-order chi connectivity index (χ0) is 17.6. The Morgan fingerprint density at radius 2 is 2.20 bits per heavy atom. The fourth-order valence-electron chi connectivity index (χ4n) is 2.84. The molecule has 1 aliphatic rings. The summed E-state index contributed by atoms with van der Waals surface area (Å²) in [5.74, 6) is 1.20. The number of amides is 1. The van der Waals surface area contributed by atoms with Gasteiger partial charge in [0, 0.05) is 43.0 Å². The van der Waals surface area contributed by atoms with E-state index in [4.69, 9.17) is 10.00 Å². The molecule has 7 heteroatoms. The van der Waals surface area contributed by atoms with E-state index in [0.29, 0.717) is 42.8 Å². The molecule has 0 spiro atoms. The number of nitrogens with zero attached hydrogens (tertiary/aromatic N) is 4. The first-order chi connectivity index (χ1) is 12.2. The van der Waals surface area contributed by atoms with Gasteiger partial charge < -0.3 is 15.0 Å². The summed E-state index contributed by atoms with van der Waals surface area (Å²) in [6, 6.07) is 11.0. The molecular formula is C18H19N5O2. The van der Waals surface area contributed by atoms with Gasteiger partial charge in [-0.2, -0.15) is 10.2 Å². The maximum atomic E-state index is 12.5. The van der Waals surface area contributed by atoms with Gasteiger partial charge in [-0.3, -0.25) is 4.79 Å². The third kappa shape index (κ3) is 4.04. The molecule has 1 amide bonds. The Kier molecular flexibility index (Phi) is 5.09. The molecule has 0 saturated carbocycles. The topological polar surface area (TPSA) is 91.1 Å². The zero-order valence-corrected chi connectivity index (χ0v) is 14.0. The van der Waals surface area contributed by atoms with Crippen LogP contribution in [0.3, 0.4) is 0 Å². The maximum Gasteiger partial charge on any atom is 0.253 e. The standard InChI is InChI=1S/C18H19N5O2/c1-25-16-7-10-20-18(22-16)21-15-4-2-14(3-5-15)17(24)23-11-8-13(12-23)6-9-19/h2-5,7,10,13H,6,8,11-12H2,1H3,(H,20,21,22). The van der Waals surface area contributed by atoms with Crippen LogP contribution in [0.15, 0.2) is 36.5 Å². The van der Waals surface area contributed by atoms with Gasteiger partial charge in [0.2, 0.25) is 11.8 Å². The molecule has 7 nitrogen and oxygen atoms in total. The number of likely N-dealkylation sites (tertiary alicyclic amines) is 1. The number of anilines is 2. The molecule has 2 aromatic rings. The van der Waals surface area contributed by atoms with E-state index in [2.05, 4.69) is 21.4 Å². The second kappa shape index (κ2) is 7.62. The molecule has 0 radical (unpaired) electrons. The fraction of sp³-hybridized carbons (Fsp3) is 0.333.